The van der Waals surface area contributed by atoms with Crippen molar-refractivity contribution in [3.8, 4) is 0 Å². The summed E-state index contributed by atoms with van der Waals surface area (Å²) in [6.45, 7) is 2.74. The highest BCUT2D eigenvalue weighted by Crippen LogP contribution is 2.13. The number of piperidine rings is 1. The Kier molecular flexibility index (Phi) is 5.09. The van der Waals surface area contributed by atoms with Gasteiger partial charge >= 0.3 is 11.8 Å². The number of carbonyl (C=O) groups is 2. The van der Waals surface area contributed by atoms with Gasteiger partial charge in [0.25, 0.3) is 0 Å². The van der Waals surface area contributed by atoms with Crippen LogP contribution < -0.4 is 16.6 Å². The molecule has 1 aliphatic rings. The van der Waals surface area contributed by atoms with E-state index in [1.165, 1.54) is 5.56 Å². The van der Waals surface area contributed by atoms with Gasteiger partial charge in [0.2, 0.25) is 0 Å². The fraction of sp³-hybridized carbons (Fsp3) is 0.429. The van der Waals surface area contributed by atoms with E-state index in [1.807, 2.05) is 23.6 Å². The summed E-state index contributed by atoms with van der Waals surface area (Å²) in [4.78, 5) is 24.8. The van der Waals surface area contributed by atoms with Crippen LogP contribution in [-0.2, 0) is 16.1 Å². The predicted molar refractivity (Wildman–Crippen MR) is 75.2 cm³/mol. The predicted octanol–water partition coefficient (Wildman–Crippen LogP) is -0.243. The van der Waals surface area contributed by atoms with Crippen molar-refractivity contribution in [3.05, 3.63) is 35.9 Å². The number of hydrazine groups is 1. The Labute approximate surface area is 118 Å². The second-order valence-corrected chi connectivity index (χ2v) is 4.98. The summed E-state index contributed by atoms with van der Waals surface area (Å²) in [5.41, 5.74) is 3.12. The average molecular weight is 276 g/mol. The molecule has 0 saturated carbocycles. The number of hydrogen-bond donors (Lipinski definition) is 3. The lowest BCUT2D eigenvalue weighted by Gasteiger charge is -2.32. The van der Waals surface area contributed by atoms with E-state index in [4.69, 9.17) is 5.84 Å². The first-order chi connectivity index (χ1) is 9.69. The third-order valence-electron chi connectivity index (χ3n) is 3.51. The minimum absolute atomic E-state index is 0.0480. The smallest absolute Gasteiger partial charge is 0.323 e. The number of amides is 2. The third kappa shape index (κ3) is 4.04. The van der Waals surface area contributed by atoms with Crippen LogP contribution in [0.2, 0.25) is 0 Å². The van der Waals surface area contributed by atoms with Gasteiger partial charge in [-0.15, -0.1) is 0 Å². The Bertz CT molecular complexity index is 456. The first-order valence-electron chi connectivity index (χ1n) is 6.77. The molecule has 1 saturated heterocycles. The van der Waals surface area contributed by atoms with E-state index < -0.39 is 11.8 Å². The van der Waals surface area contributed by atoms with E-state index in [1.54, 1.807) is 0 Å². The van der Waals surface area contributed by atoms with Crippen LogP contribution in [0, 0.1) is 0 Å². The van der Waals surface area contributed by atoms with Gasteiger partial charge in [0.1, 0.15) is 0 Å². The van der Waals surface area contributed by atoms with E-state index in [2.05, 4.69) is 22.3 Å². The Hall–Kier alpha value is -1.92. The van der Waals surface area contributed by atoms with E-state index in [9.17, 15) is 9.59 Å². The molecule has 0 aliphatic carbocycles. The fourth-order valence-electron chi connectivity index (χ4n) is 2.39. The molecule has 2 amide bonds. The van der Waals surface area contributed by atoms with Crippen molar-refractivity contribution in [2.24, 2.45) is 5.84 Å². The van der Waals surface area contributed by atoms with Crippen LogP contribution in [0.5, 0.6) is 0 Å². The van der Waals surface area contributed by atoms with Crippen molar-refractivity contribution in [3.63, 3.8) is 0 Å². The highest BCUT2D eigenvalue weighted by molar-refractivity contribution is 6.34. The maximum atomic E-state index is 11.4. The van der Waals surface area contributed by atoms with Crippen molar-refractivity contribution < 1.29 is 9.59 Å². The molecule has 1 fully saturated rings. The maximum absolute atomic E-state index is 11.4. The number of nitrogens with two attached hydrogens (primary N) is 1. The van der Waals surface area contributed by atoms with Gasteiger partial charge in [-0.05, 0) is 18.4 Å². The lowest BCUT2D eigenvalue weighted by Crippen LogP contribution is -2.50. The highest BCUT2D eigenvalue weighted by Gasteiger charge is 2.22. The Balaban J connectivity index is 1.75. The molecule has 1 aliphatic heterocycles. The number of carbonyl (C=O) groups excluding carboxylic acids is 2. The minimum atomic E-state index is -0.795. The molecular formula is C14H20N4O2. The lowest BCUT2D eigenvalue weighted by molar-refractivity contribution is -0.139. The summed E-state index contributed by atoms with van der Waals surface area (Å²) in [7, 11) is 0. The maximum Gasteiger partial charge on any atom is 0.323 e. The number of rotatable bonds is 3. The van der Waals surface area contributed by atoms with Gasteiger partial charge in [-0.3, -0.25) is 19.9 Å². The molecule has 1 heterocycles. The molecule has 0 unspecified atom stereocenters. The number of nitrogens with zero attached hydrogens (tertiary/aromatic N) is 1. The van der Waals surface area contributed by atoms with Crippen LogP contribution in [0.25, 0.3) is 0 Å². The summed E-state index contributed by atoms with van der Waals surface area (Å²) in [6, 6.07) is 10.3. The van der Waals surface area contributed by atoms with Gasteiger partial charge in [-0.25, -0.2) is 5.84 Å². The summed E-state index contributed by atoms with van der Waals surface area (Å²) >= 11 is 0. The number of hydrogen-bond acceptors (Lipinski definition) is 4. The summed E-state index contributed by atoms with van der Waals surface area (Å²) in [5.74, 6) is 3.46. The van der Waals surface area contributed by atoms with E-state index in [0.29, 0.717) is 0 Å². The van der Waals surface area contributed by atoms with Crippen LogP contribution >= 0.6 is 0 Å². The van der Waals surface area contributed by atoms with Crippen LogP contribution in [0.15, 0.2) is 30.3 Å². The molecule has 1 aromatic rings. The fourth-order valence-corrected chi connectivity index (χ4v) is 2.39. The van der Waals surface area contributed by atoms with E-state index >= 15 is 0 Å². The molecule has 0 spiro atoms. The van der Waals surface area contributed by atoms with Crippen LogP contribution in [0.3, 0.4) is 0 Å². The molecule has 2 rings (SSSR count). The van der Waals surface area contributed by atoms with Gasteiger partial charge in [0, 0.05) is 25.7 Å². The van der Waals surface area contributed by atoms with Crippen LogP contribution in [0.4, 0.5) is 0 Å². The summed E-state index contributed by atoms with van der Waals surface area (Å²) in [6.07, 6.45) is 1.69. The molecule has 20 heavy (non-hydrogen) atoms. The number of likely N-dealkylation sites (tertiary alicyclic amines) is 1. The first kappa shape index (κ1) is 14.5. The van der Waals surface area contributed by atoms with Crippen molar-refractivity contribution >= 4 is 11.8 Å². The Morgan fingerprint density at radius 2 is 1.80 bits per heavy atom. The number of nitrogens with one attached hydrogen (secondary N) is 2. The molecule has 0 atom stereocenters. The lowest BCUT2D eigenvalue weighted by atomic mass is 10.0. The topological polar surface area (TPSA) is 87.5 Å². The van der Waals surface area contributed by atoms with Crippen molar-refractivity contribution in [2.75, 3.05) is 13.1 Å². The van der Waals surface area contributed by atoms with Gasteiger partial charge in [-0.2, -0.15) is 0 Å². The van der Waals surface area contributed by atoms with Gasteiger partial charge < -0.3 is 5.32 Å². The van der Waals surface area contributed by atoms with E-state index in [-0.39, 0.29) is 6.04 Å². The van der Waals surface area contributed by atoms with Gasteiger partial charge in [0.05, 0.1) is 0 Å². The summed E-state index contributed by atoms with van der Waals surface area (Å²) < 4.78 is 0. The first-order valence-corrected chi connectivity index (χ1v) is 6.77. The molecule has 6 nitrogen and oxygen atoms in total. The number of benzene rings is 1. The monoisotopic (exact) mass is 276 g/mol. The SMILES string of the molecule is NNC(=O)C(=O)NC1CCN(Cc2ccccc2)CC1. The van der Waals surface area contributed by atoms with Crippen LogP contribution in [0.1, 0.15) is 18.4 Å². The standard InChI is InChI=1S/C14H20N4O2/c15-17-14(20)13(19)16-12-6-8-18(9-7-12)10-11-4-2-1-3-5-11/h1-5,12H,6-10,15H2,(H,16,19)(H,17,20). The van der Waals surface area contributed by atoms with Crippen molar-refractivity contribution in [1.82, 2.24) is 15.6 Å². The molecule has 4 N–H and O–H groups in total. The van der Waals surface area contributed by atoms with Gasteiger partial charge in [0.15, 0.2) is 0 Å². The van der Waals surface area contributed by atoms with E-state index in [0.717, 1.165) is 32.5 Å². The molecular weight excluding hydrogens is 256 g/mol. The average Bonchev–Trinajstić information content (AvgIpc) is 2.49. The van der Waals surface area contributed by atoms with Gasteiger partial charge in [-0.1, -0.05) is 30.3 Å². The highest BCUT2D eigenvalue weighted by atomic mass is 16.2. The zero-order valence-electron chi connectivity index (χ0n) is 11.3. The normalized spacial score (nSPS) is 16.6. The molecule has 1 aromatic carbocycles. The summed E-state index contributed by atoms with van der Waals surface area (Å²) in [5, 5.41) is 2.70. The Morgan fingerprint density at radius 1 is 1.15 bits per heavy atom. The quantitative estimate of drug-likeness (QED) is 0.308. The van der Waals surface area contributed by atoms with Crippen LogP contribution in [-0.4, -0.2) is 35.8 Å². The zero-order valence-corrected chi connectivity index (χ0v) is 11.3. The molecule has 0 bridgehead atoms. The minimum Gasteiger partial charge on any atom is -0.345 e. The molecule has 6 heteroatoms. The molecule has 108 valence electrons. The second-order valence-electron chi connectivity index (χ2n) is 4.98. The zero-order chi connectivity index (χ0) is 14.4. The Morgan fingerprint density at radius 3 is 2.40 bits per heavy atom. The largest absolute Gasteiger partial charge is 0.345 e. The van der Waals surface area contributed by atoms with Crippen molar-refractivity contribution in [2.45, 2.75) is 25.4 Å². The second kappa shape index (κ2) is 7.02. The third-order valence-corrected chi connectivity index (χ3v) is 3.51. The molecule has 0 radical (unpaired) electrons. The van der Waals surface area contributed by atoms with Crippen molar-refractivity contribution in [1.29, 1.82) is 0 Å². The molecule has 0 aromatic heterocycles.